The molecule has 1 fully saturated rings. The number of nitrogen functional groups attached to an aromatic ring is 1. The van der Waals surface area contributed by atoms with Crippen LogP contribution in [0.15, 0.2) is 18.2 Å². The molecule has 0 spiro atoms. The molecule has 1 saturated heterocycles. The number of hydrogen-bond donors (Lipinski definition) is 2. The van der Waals surface area contributed by atoms with Crippen LogP contribution in [-0.2, 0) is 9.84 Å². The van der Waals surface area contributed by atoms with Crippen LogP contribution in [0.4, 0.5) is 17.1 Å². The van der Waals surface area contributed by atoms with Crippen LogP contribution in [0.3, 0.4) is 0 Å². The molecular formula is C11H15N3O4S. The van der Waals surface area contributed by atoms with Gasteiger partial charge in [-0.3, -0.25) is 10.1 Å². The van der Waals surface area contributed by atoms with Crippen molar-refractivity contribution in [2.75, 3.05) is 23.3 Å². The number of nitrogens with zero attached hydrogens (tertiary/aromatic N) is 1. The lowest BCUT2D eigenvalue weighted by Gasteiger charge is -2.12. The average Bonchev–Trinajstić information content (AvgIpc) is 2.65. The van der Waals surface area contributed by atoms with Crippen molar-refractivity contribution in [3.8, 4) is 0 Å². The number of nitro groups is 1. The van der Waals surface area contributed by atoms with E-state index in [1.165, 1.54) is 12.1 Å². The van der Waals surface area contributed by atoms with Gasteiger partial charge in [-0.05, 0) is 25.0 Å². The van der Waals surface area contributed by atoms with E-state index in [0.717, 1.165) is 0 Å². The molecule has 0 saturated carbocycles. The van der Waals surface area contributed by atoms with Crippen molar-refractivity contribution < 1.29 is 13.3 Å². The van der Waals surface area contributed by atoms with Crippen LogP contribution in [0, 0.1) is 10.1 Å². The van der Waals surface area contributed by atoms with Gasteiger partial charge in [-0.15, -0.1) is 0 Å². The first-order chi connectivity index (χ1) is 8.92. The molecule has 3 N–H and O–H groups in total. The van der Waals surface area contributed by atoms with Gasteiger partial charge in [0.25, 0.3) is 0 Å². The lowest BCUT2D eigenvalue weighted by molar-refractivity contribution is -0.383. The number of rotatable bonds is 4. The fourth-order valence-corrected chi connectivity index (χ4v) is 3.98. The summed E-state index contributed by atoms with van der Waals surface area (Å²) in [4.78, 5) is 10.4. The number of nitro benzene ring substituents is 1. The first-order valence-electron chi connectivity index (χ1n) is 5.90. The Kier molecular flexibility index (Phi) is 3.61. The minimum Gasteiger partial charge on any atom is -0.393 e. The van der Waals surface area contributed by atoms with Crippen molar-refractivity contribution in [3.63, 3.8) is 0 Å². The summed E-state index contributed by atoms with van der Waals surface area (Å²) in [6.45, 7) is 0.173. The molecular weight excluding hydrogens is 270 g/mol. The molecule has 2 rings (SSSR count). The largest absolute Gasteiger partial charge is 0.393 e. The van der Waals surface area contributed by atoms with E-state index >= 15 is 0 Å². The number of anilines is 2. The number of nitrogens with one attached hydrogen (secondary N) is 1. The summed E-state index contributed by atoms with van der Waals surface area (Å²) >= 11 is 0. The van der Waals surface area contributed by atoms with Gasteiger partial charge in [0.15, 0.2) is 9.84 Å². The summed E-state index contributed by atoms with van der Waals surface area (Å²) in [6.07, 6.45) is 1.24. The Bertz CT molecular complexity index is 600. The molecule has 8 heteroatoms. The predicted octanol–water partition coefficient (Wildman–Crippen LogP) is 1.17. The fourth-order valence-electron chi connectivity index (χ4n) is 2.22. The average molecular weight is 285 g/mol. The quantitative estimate of drug-likeness (QED) is 0.487. The van der Waals surface area contributed by atoms with Crippen molar-refractivity contribution in [1.82, 2.24) is 0 Å². The molecule has 1 atom stereocenters. The van der Waals surface area contributed by atoms with Crippen LogP contribution in [-0.4, -0.2) is 30.9 Å². The summed E-state index contributed by atoms with van der Waals surface area (Å²) in [5.74, 6) is 0.193. The highest BCUT2D eigenvalue weighted by Gasteiger charge is 2.31. The summed E-state index contributed by atoms with van der Waals surface area (Å²) in [6, 6.07) is 4.56. The van der Waals surface area contributed by atoms with Gasteiger partial charge in [-0.1, -0.05) is 6.07 Å². The van der Waals surface area contributed by atoms with E-state index in [1.54, 1.807) is 6.07 Å². The summed E-state index contributed by atoms with van der Waals surface area (Å²) in [5.41, 5.74) is 5.67. The van der Waals surface area contributed by atoms with Gasteiger partial charge >= 0.3 is 5.69 Å². The van der Waals surface area contributed by atoms with E-state index in [2.05, 4.69) is 5.32 Å². The summed E-state index contributed by atoms with van der Waals surface area (Å²) in [7, 11) is -3.06. The number of sulfone groups is 1. The second-order valence-corrected chi connectivity index (χ2v) is 6.91. The molecule has 1 heterocycles. The topological polar surface area (TPSA) is 115 Å². The molecule has 7 nitrogen and oxygen atoms in total. The first-order valence-corrected chi connectivity index (χ1v) is 7.61. The fraction of sp³-hybridized carbons (Fsp3) is 0.455. The van der Waals surface area contributed by atoms with Gasteiger partial charge in [0.2, 0.25) is 0 Å². The van der Waals surface area contributed by atoms with Gasteiger partial charge in [-0.25, -0.2) is 8.42 Å². The van der Waals surface area contributed by atoms with Crippen molar-refractivity contribution in [3.05, 3.63) is 28.3 Å². The lowest BCUT2D eigenvalue weighted by Crippen LogP contribution is -2.25. The van der Waals surface area contributed by atoms with Crippen LogP contribution in [0.25, 0.3) is 0 Å². The molecule has 1 aliphatic heterocycles. The minimum atomic E-state index is -3.06. The van der Waals surface area contributed by atoms with E-state index in [9.17, 15) is 18.5 Å². The van der Waals surface area contributed by atoms with Crippen LogP contribution in [0.2, 0.25) is 0 Å². The SMILES string of the molecule is Nc1cccc(NCC2CCCS2(=O)=O)c1[N+](=O)[O-]. The third kappa shape index (κ3) is 2.78. The van der Waals surface area contributed by atoms with Crippen molar-refractivity contribution in [2.24, 2.45) is 0 Å². The predicted molar refractivity (Wildman–Crippen MR) is 72.8 cm³/mol. The number of hydrogen-bond acceptors (Lipinski definition) is 6. The lowest BCUT2D eigenvalue weighted by atomic mass is 10.2. The molecule has 0 radical (unpaired) electrons. The molecule has 1 aliphatic rings. The third-order valence-electron chi connectivity index (χ3n) is 3.23. The van der Waals surface area contributed by atoms with Crippen molar-refractivity contribution in [2.45, 2.75) is 18.1 Å². The summed E-state index contributed by atoms with van der Waals surface area (Å²) < 4.78 is 23.3. The Hall–Kier alpha value is -1.83. The molecule has 1 aromatic rings. The van der Waals surface area contributed by atoms with Gasteiger partial charge < -0.3 is 11.1 Å². The highest BCUT2D eigenvalue weighted by atomic mass is 32.2. The third-order valence-corrected chi connectivity index (χ3v) is 5.51. The standard InChI is InChI=1S/C11H15N3O4S/c12-9-4-1-5-10(11(9)14(15)16)13-7-8-3-2-6-19(8,17)18/h1,4-5,8,13H,2-3,6-7,12H2. The second kappa shape index (κ2) is 5.04. The highest BCUT2D eigenvalue weighted by Crippen LogP contribution is 2.31. The summed E-state index contributed by atoms with van der Waals surface area (Å²) in [5, 5.41) is 13.3. The first kappa shape index (κ1) is 13.6. The van der Waals surface area contributed by atoms with E-state index in [-0.39, 0.29) is 29.4 Å². The van der Waals surface area contributed by atoms with Gasteiger partial charge in [0, 0.05) is 6.54 Å². The molecule has 1 aromatic carbocycles. The molecule has 1 unspecified atom stereocenters. The zero-order valence-corrected chi connectivity index (χ0v) is 11.0. The zero-order valence-electron chi connectivity index (χ0n) is 10.2. The molecule has 0 aliphatic carbocycles. The molecule has 0 amide bonds. The maximum Gasteiger partial charge on any atom is 0.314 e. The molecule has 19 heavy (non-hydrogen) atoms. The monoisotopic (exact) mass is 285 g/mol. The number of nitrogens with two attached hydrogens (primary N) is 1. The maximum atomic E-state index is 11.7. The maximum absolute atomic E-state index is 11.7. The van der Waals surface area contributed by atoms with Crippen molar-refractivity contribution >= 4 is 26.9 Å². The molecule has 0 aromatic heterocycles. The van der Waals surface area contributed by atoms with Crippen molar-refractivity contribution in [1.29, 1.82) is 0 Å². The van der Waals surface area contributed by atoms with E-state index < -0.39 is 20.0 Å². The molecule has 0 bridgehead atoms. The van der Waals surface area contributed by atoms with Crippen LogP contribution in [0.5, 0.6) is 0 Å². The molecule has 104 valence electrons. The van der Waals surface area contributed by atoms with E-state index in [1.807, 2.05) is 0 Å². The zero-order chi connectivity index (χ0) is 14.0. The van der Waals surface area contributed by atoms with Crippen LogP contribution < -0.4 is 11.1 Å². The van der Waals surface area contributed by atoms with Gasteiger partial charge in [0.05, 0.1) is 15.9 Å². The number of para-hydroxylation sites is 1. The number of benzene rings is 1. The van der Waals surface area contributed by atoms with E-state index in [4.69, 9.17) is 5.73 Å². The minimum absolute atomic E-state index is 0.0595. The Balaban J connectivity index is 2.16. The Morgan fingerprint density at radius 1 is 1.47 bits per heavy atom. The van der Waals surface area contributed by atoms with E-state index in [0.29, 0.717) is 12.8 Å². The van der Waals surface area contributed by atoms with Gasteiger partial charge in [0.1, 0.15) is 11.4 Å². The Morgan fingerprint density at radius 3 is 2.79 bits per heavy atom. The van der Waals surface area contributed by atoms with Crippen LogP contribution in [0.1, 0.15) is 12.8 Å². The second-order valence-electron chi connectivity index (χ2n) is 4.51. The van der Waals surface area contributed by atoms with Crippen LogP contribution >= 0.6 is 0 Å². The highest BCUT2D eigenvalue weighted by molar-refractivity contribution is 7.92. The van der Waals surface area contributed by atoms with Gasteiger partial charge in [-0.2, -0.15) is 0 Å². The Morgan fingerprint density at radius 2 is 2.21 bits per heavy atom. The Labute approximate surface area is 110 Å². The normalized spacial score (nSPS) is 21.2. The smallest absolute Gasteiger partial charge is 0.314 e.